The van der Waals surface area contributed by atoms with E-state index in [0.29, 0.717) is 13.0 Å². The molecule has 3 N–H and O–H groups in total. The molecule has 0 fully saturated rings. The summed E-state index contributed by atoms with van der Waals surface area (Å²) < 4.78 is 5.28. The number of aliphatic hydroxyl groups excluding tert-OH is 1. The number of carbonyl (C=O) groups excluding carboxylic acids is 1. The highest BCUT2D eigenvalue weighted by molar-refractivity contribution is 5.73. The summed E-state index contributed by atoms with van der Waals surface area (Å²) in [7, 11) is 0. The van der Waals surface area contributed by atoms with Crippen molar-refractivity contribution in [1.29, 1.82) is 0 Å². The molecule has 0 saturated carbocycles. The molecule has 0 aliphatic carbocycles. The Kier molecular flexibility index (Phi) is 4.79. The number of rotatable bonds is 6. The highest BCUT2D eigenvalue weighted by Gasteiger charge is 2.08. The zero-order valence-electron chi connectivity index (χ0n) is 9.35. The van der Waals surface area contributed by atoms with Crippen molar-refractivity contribution in [3.8, 4) is 5.75 Å². The molecule has 4 nitrogen and oxygen atoms in total. The fraction of sp³-hybridized carbons (Fsp3) is 0.417. The first kappa shape index (κ1) is 12.5. The van der Waals surface area contributed by atoms with Gasteiger partial charge in [-0.3, -0.25) is 4.79 Å². The van der Waals surface area contributed by atoms with Gasteiger partial charge in [-0.25, -0.2) is 0 Å². The molecule has 0 spiro atoms. The Balaban J connectivity index is 2.55. The van der Waals surface area contributed by atoms with Crippen molar-refractivity contribution in [3.63, 3.8) is 0 Å². The van der Waals surface area contributed by atoms with Crippen molar-refractivity contribution < 1.29 is 14.6 Å². The highest BCUT2D eigenvalue weighted by atomic mass is 16.5. The van der Waals surface area contributed by atoms with Crippen LogP contribution in [-0.2, 0) is 4.79 Å². The molecule has 0 heterocycles. The van der Waals surface area contributed by atoms with Crippen LogP contribution in [0, 0.1) is 0 Å². The normalized spacial score (nSPS) is 12.1. The summed E-state index contributed by atoms with van der Waals surface area (Å²) in [5, 5.41) is 9.74. The van der Waals surface area contributed by atoms with Crippen LogP contribution in [0.5, 0.6) is 5.75 Å². The molecule has 16 heavy (non-hydrogen) atoms. The largest absolute Gasteiger partial charge is 0.494 e. The van der Waals surface area contributed by atoms with Gasteiger partial charge in [0.1, 0.15) is 5.75 Å². The first-order valence-corrected chi connectivity index (χ1v) is 5.32. The van der Waals surface area contributed by atoms with E-state index >= 15 is 0 Å². The second-order valence-corrected chi connectivity index (χ2v) is 3.52. The number of primary amides is 1. The number of aliphatic hydroxyl groups is 1. The predicted molar refractivity (Wildman–Crippen MR) is 61.0 cm³/mol. The van der Waals surface area contributed by atoms with Crippen molar-refractivity contribution in [3.05, 3.63) is 29.8 Å². The molecular weight excluding hydrogens is 206 g/mol. The summed E-state index contributed by atoms with van der Waals surface area (Å²) in [5.74, 6) is 0.373. The molecule has 0 bridgehead atoms. The highest BCUT2D eigenvalue weighted by Crippen LogP contribution is 2.21. The lowest BCUT2D eigenvalue weighted by atomic mass is 10.0. The van der Waals surface area contributed by atoms with E-state index in [1.807, 2.05) is 6.92 Å². The SMILES string of the molecule is CCOc1ccc(C(O)CCC(N)=O)cc1. The van der Waals surface area contributed by atoms with Gasteiger partial charge in [-0.2, -0.15) is 0 Å². The molecule has 1 aromatic carbocycles. The van der Waals surface area contributed by atoms with Crippen molar-refractivity contribution >= 4 is 5.91 Å². The standard InChI is InChI=1S/C12H17NO3/c1-2-16-10-5-3-9(4-6-10)11(14)7-8-12(13)15/h3-6,11,14H,2,7-8H2,1H3,(H2,13,15). The van der Waals surface area contributed by atoms with Gasteiger partial charge in [-0.1, -0.05) is 12.1 Å². The van der Waals surface area contributed by atoms with Crippen LogP contribution in [0.4, 0.5) is 0 Å². The summed E-state index contributed by atoms with van der Waals surface area (Å²) in [4.78, 5) is 10.6. The lowest BCUT2D eigenvalue weighted by molar-refractivity contribution is -0.118. The lowest BCUT2D eigenvalue weighted by Crippen LogP contribution is -2.12. The summed E-state index contributed by atoms with van der Waals surface area (Å²) in [6, 6.07) is 7.17. The zero-order chi connectivity index (χ0) is 12.0. The van der Waals surface area contributed by atoms with E-state index in [1.54, 1.807) is 24.3 Å². The third-order valence-corrected chi connectivity index (χ3v) is 2.24. The van der Waals surface area contributed by atoms with Gasteiger partial charge in [-0.05, 0) is 31.0 Å². The number of amides is 1. The second kappa shape index (κ2) is 6.12. The maximum atomic E-state index is 10.6. The maximum absolute atomic E-state index is 10.6. The van der Waals surface area contributed by atoms with Crippen molar-refractivity contribution in [2.24, 2.45) is 5.73 Å². The molecule has 0 aromatic heterocycles. The summed E-state index contributed by atoms with van der Waals surface area (Å²) in [6.45, 7) is 2.53. The van der Waals surface area contributed by atoms with E-state index in [1.165, 1.54) is 0 Å². The monoisotopic (exact) mass is 223 g/mol. The van der Waals surface area contributed by atoms with Crippen molar-refractivity contribution in [1.82, 2.24) is 0 Å². The third-order valence-electron chi connectivity index (χ3n) is 2.24. The molecule has 0 aliphatic heterocycles. The Hall–Kier alpha value is -1.55. The minimum absolute atomic E-state index is 0.189. The molecule has 1 aromatic rings. The molecule has 1 atom stereocenters. The maximum Gasteiger partial charge on any atom is 0.217 e. The predicted octanol–water partition coefficient (Wildman–Crippen LogP) is 1.38. The van der Waals surface area contributed by atoms with Crippen molar-refractivity contribution in [2.75, 3.05) is 6.61 Å². The number of nitrogens with two attached hydrogens (primary N) is 1. The van der Waals surface area contributed by atoms with Crippen molar-refractivity contribution in [2.45, 2.75) is 25.9 Å². The molecule has 1 rings (SSSR count). The zero-order valence-corrected chi connectivity index (χ0v) is 9.35. The van der Waals surface area contributed by atoms with Gasteiger partial charge in [0.25, 0.3) is 0 Å². The van der Waals surface area contributed by atoms with Gasteiger partial charge in [0.15, 0.2) is 0 Å². The molecule has 88 valence electrons. The van der Waals surface area contributed by atoms with Gasteiger partial charge < -0.3 is 15.6 Å². The van der Waals surface area contributed by atoms with E-state index < -0.39 is 12.0 Å². The van der Waals surface area contributed by atoms with Gasteiger partial charge >= 0.3 is 0 Å². The molecule has 4 heteroatoms. The third kappa shape index (κ3) is 3.90. The summed E-state index contributed by atoms with van der Waals surface area (Å²) in [6.07, 6.45) is -0.110. The molecule has 0 saturated heterocycles. The van der Waals surface area contributed by atoms with Crippen LogP contribution in [0.2, 0.25) is 0 Å². The first-order valence-electron chi connectivity index (χ1n) is 5.32. The minimum atomic E-state index is -0.650. The minimum Gasteiger partial charge on any atom is -0.494 e. The number of hydrogen-bond donors (Lipinski definition) is 2. The molecule has 1 amide bonds. The Morgan fingerprint density at radius 3 is 2.56 bits per heavy atom. The molecule has 0 radical (unpaired) electrons. The average Bonchev–Trinajstić information content (AvgIpc) is 2.27. The fourth-order valence-electron chi connectivity index (χ4n) is 1.40. The molecular formula is C12H17NO3. The Labute approximate surface area is 95.0 Å². The van der Waals surface area contributed by atoms with Gasteiger partial charge in [0.2, 0.25) is 5.91 Å². The number of carbonyl (C=O) groups is 1. The van der Waals surface area contributed by atoms with Gasteiger partial charge in [-0.15, -0.1) is 0 Å². The van der Waals surface area contributed by atoms with Crippen LogP contribution in [-0.4, -0.2) is 17.6 Å². The molecule has 1 unspecified atom stereocenters. The van der Waals surface area contributed by atoms with E-state index in [2.05, 4.69) is 0 Å². The van der Waals surface area contributed by atoms with Crippen LogP contribution in [0.3, 0.4) is 0 Å². The summed E-state index contributed by atoms with van der Waals surface area (Å²) >= 11 is 0. The Morgan fingerprint density at radius 1 is 1.44 bits per heavy atom. The first-order chi connectivity index (χ1) is 7.63. The molecule has 0 aliphatic rings. The van der Waals surface area contributed by atoms with E-state index in [4.69, 9.17) is 10.5 Å². The van der Waals surface area contributed by atoms with E-state index in [0.717, 1.165) is 11.3 Å². The van der Waals surface area contributed by atoms with Crippen LogP contribution in [0.15, 0.2) is 24.3 Å². The quantitative estimate of drug-likeness (QED) is 0.765. The van der Waals surface area contributed by atoms with Gasteiger partial charge in [0, 0.05) is 6.42 Å². The van der Waals surface area contributed by atoms with Crippen LogP contribution >= 0.6 is 0 Å². The van der Waals surface area contributed by atoms with E-state index in [-0.39, 0.29) is 6.42 Å². The fourth-order valence-corrected chi connectivity index (χ4v) is 1.40. The van der Waals surface area contributed by atoms with Crippen LogP contribution in [0.1, 0.15) is 31.4 Å². The number of ether oxygens (including phenoxy) is 1. The number of hydrogen-bond acceptors (Lipinski definition) is 3. The average molecular weight is 223 g/mol. The van der Waals surface area contributed by atoms with Gasteiger partial charge in [0.05, 0.1) is 12.7 Å². The van der Waals surface area contributed by atoms with Crippen LogP contribution in [0.25, 0.3) is 0 Å². The van der Waals surface area contributed by atoms with E-state index in [9.17, 15) is 9.90 Å². The van der Waals surface area contributed by atoms with Crippen LogP contribution < -0.4 is 10.5 Å². The summed E-state index contributed by atoms with van der Waals surface area (Å²) in [5.41, 5.74) is 5.78. The Morgan fingerprint density at radius 2 is 2.06 bits per heavy atom. The number of benzene rings is 1. The second-order valence-electron chi connectivity index (χ2n) is 3.52. The Bertz CT molecular complexity index is 335. The lowest BCUT2D eigenvalue weighted by Gasteiger charge is -2.10. The smallest absolute Gasteiger partial charge is 0.217 e. The topological polar surface area (TPSA) is 72.6 Å².